The second kappa shape index (κ2) is 7.65. The maximum atomic E-state index is 12.5. The molecule has 2 amide bonds. The van der Waals surface area contributed by atoms with Gasteiger partial charge in [-0.15, -0.1) is 0 Å². The molecule has 1 N–H and O–H groups in total. The van der Waals surface area contributed by atoms with Gasteiger partial charge in [-0.25, -0.2) is 0 Å². The largest absolute Gasteiger partial charge is 0.320 e. The van der Waals surface area contributed by atoms with Gasteiger partial charge in [-0.05, 0) is 49.6 Å². The summed E-state index contributed by atoms with van der Waals surface area (Å²) >= 11 is 12.0. The van der Waals surface area contributed by atoms with Crippen LogP contribution in [-0.4, -0.2) is 23.8 Å². The van der Waals surface area contributed by atoms with E-state index in [1.807, 2.05) is 0 Å². The highest BCUT2D eigenvalue weighted by Crippen LogP contribution is 2.45. The number of carbonyl (C=O) groups is 2. The summed E-state index contributed by atoms with van der Waals surface area (Å²) in [6.07, 6.45) is 0.436. The monoisotopic (exact) mass is 435 g/mol. The van der Waals surface area contributed by atoms with E-state index in [0.29, 0.717) is 27.7 Å². The van der Waals surface area contributed by atoms with E-state index in [1.165, 1.54) is 17.0 Å². The molecule has 0 fully saturated rings. The van der Waals surface area contributed by atoms with E-state index in [9.17, 15) is 19.7 Å². The number of benzene rings is 2. The molecular formula is C20H19Cl2N3O4. The zero-order valence-corrected chi connectivity index (χ0v) is 17.6. The normalized spacial score (nSPS) is 14.7. The molecule has 0 radical (unpaired) electrons. The van der Waals surface area contributed by atoms with Crippen molar-refractivity contribution in [2.24, 2.45) is 0 Å². The summed E-state index contributed by atoms with van der Waals surface area (Å²) in [5, 5.41) is 15.1. The number of nitro benzene ring substituents is 1. The van der Waals surface area contributed by atoms with Crippen LogP contribution in [0.3, 0.4) is 0 Å². The van der Waals surface area contributed by atoms with Gasteiger partial charge in [0.2, 0.25) is 11.8 Å². The zero-order chi connectivity index (χ0) is 21.5. The van der Waals surface area contributed by atoms with E-state index in [4.69, 9.17) is 23.2 Å². The first-order valence-corrected chi connectivity index (χ1v) is 9.63. The predicted octanol–water partition coefficient (Wildman–Crippen LogP) is 4.73. The number of nitro groups is 1. The lowest BCUT2D eigenvalue weighted by molar-refractivity contribution is -0.383. The van der Waals surface area contributed by atoms with E-state index >= 15 is 0 Å². The summed E-state index contributed by atoms with van der Waals surface area (Å²) in [6, 6.07) is 7.86. The van der Waals surface area contributed by atoms with Crippen molar-refractivity contribution < 1.29 is 14.5 Å². The molecule has 9 heteroatoms. The summed E-state index contributed by atoms with van der Waals surface area (Å²) in [7, 11) is 1.58. The summed E-state index contributed by atoms with van der Waals surface area (Å²) in [5.74, 6) is -0.558. The van der Waals surface area contributed by atoms with Gasteiger partial charge in [0.25, 0.3) is 5.69 Å². The number of hydrogen-bond acceptors (Lipinski definition) is 4. The van der Waals surface area contributed by atoms with Crippen LogP contribution in [0.2, 0.25) is 10.0 Å². The second-order valence-electron chi connectivity index (χ2n) is 7.42. The number of nitrogens with zero attached hydrogens (tertiary/aromatic N) is 2. The van der Waals surface area contributed by atoms with Crippen LogP contribution >= 0.6 is 23.2 Å². The number of aryl methyl sites for hydroxylation is 1. The van der Waals surface area contributed by atoms with Crippen molar-refractivity contribution in [3.05, 3.63) is 61.6 Å². The van der Waals surface area contributed by atoms with Crippen molar-refractivity contribution in [2.75, 3.05) is 17.3 Å². The van der Waals surface area contributed by atoms with Crippen molar-refractivity contribution in [1.29, 1.82) is 0 Å². The van der Waals surface area contributed by atoms with E-state index < -0.39 is 16.2 Å². The fourth-order valence-corrected chi connectivity index (χ4v) is 3.94. The molecule has 1 aliphatic heterocycles. The van der Waals surface area contributed by atoms with Gasteiger partial charge in [0, 0.05) is 29.6 Å². The van der Waals surface area contributed by atoms with Crippen molar-refractivity contribution in [3.63, 3.8) is 0 Å². The first kappa shape index (κ1) is 21.1. The van der Waals surface area contributed by atoms with Crippen LogP contribution in [0.4, 0.5) is 17.1 Å². The van der Waals surface area contributed by atoms with E-state index in [1.54, 1.807) is 39.1 Å². The number of carbonyl (C=O) groups excluding carboxylic acids is 2. The SMILES string of the molecule is CN1C(=O)C(C)(C)c2cc(NC(=O)CCc3ccc(Cl)cc3Cl)c([N+](=O)[O-])cc21. The number of likely N-dealkylation sites (N-methyl/N-ethyl adjacent to an activating group) is 1. The van der Waals surface area contributed by atoms with Gasteiger partial charge in [-0.3, -0.25) is 19.7 Å². The topological polar surface area (TPSA) is 92.6 Å². The van der Waals surface area contributed by atoms with Gasteiger partial charge in [-0.1, -0.05) is 29.3 Å². The second-order valence-corrected chi connectivity index (χ2v) is 8.26. The molecule has 0 unspecified atom stereocenters. The molecule has 2 aromatic rings. The minimum Gasteiger partial charge on any atom is -0.320 e. The van der Waals surface area contributed by atoms with E-state index in [2.05, 4.69) is 5.32 Å². The van der Waals surface area contributed by atoms with Gasteiger partial charge in [0.05, 0.1) is 16.0 Å². The third-order valence-electron chi connectivity index (χ3n) is 5.10. The van der Waals surface area contributed by atoms with Crippen molar-refractivity contribution in [2.45, 2.75) is 32.1 Å². The fourth-order valence-electron chi connectivity index (χ4n) is 3.44. The number of halogens is 2. The smallest absolute Gasteiger partial charge is 0.294 e. The number of fused-ring (bicyclic) bond motifs is 1. The molecule has 0 atom stereocenters. The lowest BCUT2D eigenvalue weighted by Gasteiger charge is -2.17. The third-order valence-corrected chi connectivity index (χ3v) is 5.68. The maximum Gasteiger partial charge on any atom is 0.294 e. The van der Waals surface area contributed by atoms with Gasteiger partial charge >= 0.3 is 0 Å². The molecule has 0 aliphatic carbocycles. The highest BCUT2D eigenvalue weighted by Gasteiger charge is 2.43. The van der Waals surface area contributed by atoms with Crippen molar-refractivity contribution >= 4 is 52.1 Å². The first-order valence-electron chi connectivity index (χ1n) is 8.87. The number of rotatable bonds is 5. The lowest BCUT2D eigenvalue weighted by Crippen LogP contribution is -2.33. The average Bonchev–Trinajstić information content (AvgIpc) is 2.80. The Bertz CT molecular complexity index is 1040. The zero-order valence-electron chi connectivity index (χ0n) is 16.1. The molecule has 152 valence electrons. The molecule has 1 heterocycles. The summed E-state index contributed by atoms with van der Waals surface area (Å²) in [4.78, 5) is 37.3. The highest BCUT2D eigenvalue weighted by atomic mass is 35.5. The maximum absolute atomic E-state index is 12.5. The standard InChI is InChI=1S/C20H19Cl2N3O4/c1-20(2)13-9-15(17(25(28)29)10-16(13)24(3)19(20)27)23-18(26)7-5-11-4-6-12(21)8-14(11)22/h4,6,8-10H,5,7H2,1-3H3,(H,23,26). The predicted molar refractivity (Wildman–Crippen MR) is 113 cm³/mol. The van der Waals surface area contributed by atoms with Crippen LogP contribution in [-0.2, 0) is 21.4 Å². The molecule has 7 nitrogen and oxygen atoms in total. The molecule has 2 aromatic carbocycles. The summed E-state index contributed by atoms with van der Waals surface area (Å²) < 4.78 is 0. The number of amides is 2. The molecule has 0 spiro atoms. The number of anilines is 2. The number of hydrogen-bond donors (Lipinski definition) is 1. The first-order chi connectivity index (χ1) is 13.5. The van der Waals surface area contributed by atoms with Crippen LogP contribution < -0.4 is 10.2 Å². The minimum atomic E-state index is -0.838. The van der Waals surface area contributed by atoms with Gasteiger partial charge in [0.15, 0.2) is 0 Å². The molecular weight excluding hydrogens is 417 g/mol. The molecule has 3 rings (SSSR count). The Hall–Kier alpha value is -2.64. The van der Waals surface area contributed by atoms with Crippen molar-refractivity contribution in [1.82, 2.24) is 0 Å². The molecule has 0 bridgehead atoms. The van der Waals surface area contributed by atoms with Gasteiger partial charge in [0.1, 0.15) is 5.69 Å². The summed E-state index contributed by atoms with van der Waals surface area (Å²) in [5.41, 5.74) is 0.818. The Morgan fingerprint density at radius 1 is 1.24 bits per heavy atom. The van der Waals surface area contributed by atoms with Gasteiger partial charge < -0.3 is 10.2 Å². The van der Waals surface area contributed by atoms with E-state index in [-0.39, 0.29) is 23.7 Å². The van der Waals surface area contributed by atoms with E-state index in [0.717, 1.165) is 5.56 Å². The Labute approximate surface area is 177 Å². The Morgan fingerprint density at radius 3 is 2.55 bits per heavy atom. The van der Waals surface area contributed by atoms with Crippen LogP contribution in [0.25, 0.3) is 0 Å². The van der Waals surface area contributed by atoms with Crippen LogP contribution in [0, 0.1) is 10.1 Å². The number of nitrogens with one attached hydrogen (secondary N) is 1. The van der Waals surface area contributed by atoms with Crippen LogP contribution in [0.15, 0.2) is 30.3 Å². The molecule has 1 aliphatic rings. The average molecular weight is 436 g/mol. The molecule has 0 aromatic heterocycles. The van der Waals surface area contributed by atoms with Crippen LogP contribution in [0.1, 0.15) is 31.4 Å². The molecule has 0 saturated carbocycles. The summed E-state index contributed by atoms with van der Waals surface area (Å²) in [6.45, 7) is 3.50. The quantitative estimate of drug-likeness (QED) is 0.542. The van der Waals surface area contributed by atoms with Crippen LogP contribution in [0.5, 0.6) is 0 Å². The lowest BCUT2D eigenvalue weighted by atomic mass is 9.86. The Morgan fingerprint density at radius 2 is 1.93 bits per heavy atom. The fraction of sp³-hybridized carbons (Fsp3) is 0.300. The molecule has 0 saturated heterocycles. The van der Waals surface area contributed by atoms with Gasteiger partial charge in [-0.2, -0.15) is 0 Å². The Balaban J connectivity index is 1.85. The Kier molecular flexibility index (Phi) is 5.56. The third kappa shape index (κ3) is 3.93. The minimum absolute atomic E-state index is 0.0668. The highest BCUT2D eigenvalue weighted by molar-refractivity contribution is 6.35. The van der Waals surface area contributed by atoms with Crippen molar-refractivity contribution in [3.8, 4) is 0 Å². The molecule has 29 heavy (non-hydrogen) atoms.